The Kier molecular flexibility index (Phi) is 7.98. The molecule has 3 aromatic rings. The summed E-state index contributed by atoms with van der Waals surface area (Å²) in [7, 11) is 0. The van der Waals surface area contributed by atoms with Crippen LogP contribution in [0.4, 0.5) is 21.9 Å². The maximum Gasteiger partial charge on any atom is 0.335 e. The Labute approximate surface area is 234 Å². The molecule has 0 unspecified atom stereocenters. The number of amides is 4. The number of benzene rings is 3. The van der Waals surface area contributed by atoms with Crippen molar-refractivity contribution >= 4 is 64.2 Å². The third-order valence-electron chi connectivity index (χ3n) is 5.37. The van der Waals surface area contributed by atoms with Crippen molar-refractivity contribution in [2.24, 2.45) is 0 Å². The zero-order chi connectivity index (χ0) is 29.1. The molecule has 1 aliphatic heterocycles. The Balaban J connectivity index is 1.74. The van der Waals surface area contributed by atoms with E-state index in [4.69, 9.17) is 32.7 Å². The van der Waals surface area contributed by atoms with Gasteiger partial charge < -0.3 is 9.47 Å². The van der Waals surface area contributed by atoms with E-state index >= 15 is 0 Å². The van der Waals surface area contributed by atoms with Crippen LogP contribution in [0.25, 0.3) is 6.08 Å². The highest BCUT2D eigenvalue weighted by Gasteiger charge is 2.37. The minimum atomic E-state index is -0.962. The van der Waals surface area contributed by atoms with E-state index in [1.807, 2.05) is 0 Å². The minimum Gasteiger partial charge on any atom is -0.490 e. The molecular formula is C25H16Cl2N4O9. The lowest BCUT2D eigenvalue weighted by Crippen LogP contribution is -2.54. The molecule has 1 N–H and O–H groups in total. The SMILES string of the molecule is CCOc1cc(/C=C2\C(=O)NC(=O)N(c3cccc(Cl)c3)C2=O)cc(Cl)c1Oc1ccc([N+](=O)[O-])cc1[N+](=O)[O-]. The average molecular weight is 587 g/mol. The second-order valence-electron chi connectivity index (χ2n) is 7.97. The molecule has 1 heterocycles. The first-order valence-corrected chi connectivity index (χ1v) is 12.0. The molecule has 0 aliphatic carbocycles. The third-order valence-corrected chi connectivity index (χ3v) is 5.89. The summed E-state index contributed by atoms with van der Waals surface area (Å²) in [4.78, 5) is 59.8. The molecule has 4 amide bonds. The number of carbonyl (C=O) groups excluding carboxylic acids is 3. The highest BCUT2D eigenvalue weighted by molar-refractivity contribution is 6.39. The summed E-state index contributed by atoms with van der Waals surface area (Å²) in [5.74, 6) is -2.39. The summed E-state index contributed by atoms with van der Waals surface area (Å²) < 4.78 is 11.2. The molecular weight excluding hydrogens is 571 g/mol. The number of barbiturate groups is 1. The number of non-ortho nitro benzene ring substituents is 1. The summed E-state index contributed by atoms with van der Waals surface area (Å²) in [6.07, 6.45) is 1.17. The van der Waals surface area contributed by atoms with Crippen molar-refractivity contribution < 1.29 is 33.7 Å². The largest absolute Gasteiger partial charge is 0.490 e. The van der Waals surface area contributed by atoms with Crippen LogP contribution in [0.2, 0.25) is 10.0 Å². The Hall–Kier alpha value is -5.01. The van der Waals surface area contributed by atoms with Crippen LogP contribution in [-0.4, -0.2) is 34.3 Å². The molecule has 204 valence electrons. The first kappa shape index (κ1) is 28.0. The van der Waals surface area contributed by atoms with Gasteiger partial charge in [0.05, 0.1) is 33.2 Å². The van der Waals surface area contributed by atoms with Crippen molar-refractivity contribution in [1.29, 1.82) is 0 Å². The van der Waals surface area contributed by atoms with E-state index in [2.05, 4.69) is 5.32 Å². The Morgan fingerprint density at radius 1 is 0.975 bits per heavy atom. The number of carbonyl (C=O) groups is 3. The zero-order valence-electron chi connectivity index (χ0n) is 20.3. The average Bonchev–Trinajstić information content (AvgIpc) is 2.88. The fraction of sp³-hybridized carbons (Fsp3) is 0.0800. The van der Waals surface area contributed by atoms with E-state index in [1.54, 1.807) is 13.0 Å². The van der Waals surface area contributed by atoms with Gasteiger partial charge in [0.1, 0.15) is 5.57 Å². The van der Waals surface area contributed by atoms with Gasteiger partial charge in [0.25, 0.3) is 17.5 Å². The number of halogens is 2. The fourth-order valence-electron chi connectivity index (χ4n) is 3.67. The summed E-state index contributed by atoms with van der Waals surface area (Å²) in [5.41, 5.74) is -1.28. The highest BCUT2D eigenvalue weighted by atomic mass is 35.5. The van der Waals surface area contributed by atoms with E-state index in [0.717, 1.165) is 23.1 Å². The monoisotopic (exact) mass is 586 g/mol. The summed E-state index contributed by atoms with van der Waals surface area (Å²) >= 11 is 12.4. The van der Waals surface area contributed by atoms with Gasteiger partial charge in [0, 0.05) is 11.1 Å². The highest BCUT2D eigenvalue weighted by Crippen LogP contribution is 2.43. The zero-order valence-corrected chi connectivity index (χ0v) is 21.8. The third kappa shape index (κ3) is 5.70. The summed E-state index contributed by atoms with van der Waals surface area (Å²) in [5, 5.41) is 24.8. The van der Waals surface area contributed by atoms with Gasteiger partial charge in [-0.1, -0.05) is 29.3 Å². The lowest BCUT2D eigenvalue weighted by molar-refractivity contribution is -0.394. The number of imide groups is 2. The molecule has 1 aliphatic rings. The summed E-state index contributed by atoms with van der Waals surface area (Å²) in [6, 6.07) is 10.4. The van der Waals surface area contributed by atoms with E-state index < -0.39 is 44.6 Å². The number of rotatable bonds is 8. The molecule has 1 saturated heterocycles. The topological polar surface area (TPSA) is 171 Å². The van der Waals surface area contributed by atoms with Crippen LogP contribution in [0.3, 0.4) is 0 Å². The molecule has 15 heteroatoms. The van der Waals surface area contributed by atoms with Crippen LogP contribution in [0.1, 0.15) is 12.5 Å². The number of hydrogen-bond donors (Lipinski definition) is 1. The Morgan fingerprint density at radius 2 is 1.73 bits per heavy atom. The summed E-state index contributed by atoms with van der Waals surface area (Å²) in [6.45, 7) is 1.75. The van der Waals surface area contributed by atoms with Gasteiger partial charge in [0.15, 0.2) is 11.5 Å². The Bertz CT molecular complexity index is 1620. The Morgan fingerprint density at radius 3 is 2.38 bits per heavy atom. The predicted octanol–water partition coefficient (Wildman–Crippen LogP) is 5.67. The quantitative estimate of drug-likeness (QED) is 0.151. The molecule has 0 radical (unpaired) electrons. The van der Waals surface area contributed by atoms with Gasteiger partial charge in [-0.15, -0.1) is 0 Å². The number of urea groups is 1. The van der Waals surface area contributed by atoms with Gasteiger partial charge in [0.2, 0.25) is 5.75 Å². The van der Waals surface area contributed by atoms with Crippen LogP contribution >= 0.6 is 23.2 Å². The van der Waals surface area contributed by atoms with E-state index in [0.29, 0.717) is 0 Å². The number of hydrogen-bond acceptors (Lipinski definition) is 9. The first-order chi connectivity index (χ1) is 19.0. The molecule has 13 nitrogen and oxygen atoms in total. The molecule has 0 bridgehead atoms. The molecule has 3 aromatic carbocycles. The minimum absolute atomic E-state index is 0.0130. The predicted molar refractivity (Wildman–Crippen MR) is 143 cm³/mol. The molecule has 4 rings (SSSR count). The number of nitrogens with one attached hydrogen (secondary N) is 1. The maximum absolute atomic E-state index is 13.2. The van der Waals surface area contributed by atoms with E-state index in [1.165, 1.54) is 36.4 Å². The van der Waals surface area contributed by atoms with Crippen molar-refractivity contribution in [3.05, 3.63) is 96.0 Å². The number of nitrogens with zero attached hydrogens (tertiary/aromatic N) is 3. The molecule has 0 spiro atoms. The van der Waals surface area contributed by atoms with Gasteiger partial charge in [-0.2, -0.15) is 0 Å². The van der Waals surface area contributed by atoms with Gasteiger partial charge >= 0.3 is 11.7 Å². The van der Waals surface area contributed by atoms with Gasteiger partial charge in [-0.25, -0.2) is 9.69 Å². The van der Waals surface area contributed by atoms with Crippen molar-refractivity contribution in [2.75, 3.05) is 11.5 Å². The number of ether oxygens (including phenoxy) is 2. The molecule has 40 heavy (non-hydrogen) atoms. The smallest absolute Gasteiger partial charge is 0.335 e. The van der Waals surface area contributed by atoms with Crippen LogP contribution < -0.4 is 19.7 Å². The molecule has 1 fully saturated rings. The number of anilines is 1. The van der Waals surface area contributed by atoms with Crippen molar-refractivity contribution in [3.63, 3.8) is 0 Å². The van der Waals surface area contributed by atoms with E-state index in [-0.39, 0.29) is 45.2 Å². The van der Waals surface area contributed by atoms with Crippen molar-refractivity contribution in [2.45, 2.75) is 6.92 Å². The molecule has 0 atom stereocenters. The normalized spacial score (nSPS) is 14.2. The van der Waals surface area contributed by atoms with Crippen LogP contribution in [0.15, 0.2) is 60.2 Å². The van der Waals surface area contributed by atoms with Gasteiger partial charge in [-0.3, -0.25) is 35.1 Å². The molecule has 0 saturated carbocycles. The van der Waals surface area contributed by atoms with E-state index in [9.17, 15) is 34.6 Å². The lowest BCUT2D eigenvalue weighted by atomic mass is 10.1. The van der Waals surface area contributed by atoms with Crippen LogP contribution in [0.5, 0.6) is 17.2 Å². The van der Waals surface area contributed by atoms with Crippen molar-refractivity contribution in [1.82, 2.24) is 5.32 Å². The maximum atomic E-state index is 13.2. The van der Waals surface area contributed by atoms with Gasteiger partial charge in [-0.05, 0) is 55.0 Å². The van der Waals surface area contributed by atoms with Crippen LogP contribution in [0, 0.1) is 20.2 Å². The lowest BCUT2D eigenvalue weighted by Gasteiger charge is -2.26. The number of nitro benzene ring substituents is 2. The number of nitro groups is 2. The van der Waals surface area contributed by atoms with Crippen LogP contribution in [-0.2, 0) is 9.59 Å². The standard InChI is InChI=1S/C25H16Cl2N4O9/c1-2-39-21-10-13(8-17-23(32)28-25(34)29(24(17)33)15-5-3-4-14(26)11-15)9-18(27)22(21)40-20-7-6-16(30(35)36)12-19(20)31(37)38/h3-12H,2H2,1H3,(H,28,32,34)/b17-8+. The second-order valence-corrected chi connectivity index (χ2v) is 8.81. The molecule has 0 aromatic heterocycles. The fourth-order valence-corrected chi connectivity index (χ4v) is 4.11. The first-order valence-electron chi connectivity index (χ1n) is 11.2. The second kappa shape index (κ2) is 11.4. The van der Waals surface area contributed by atoms with Crippen molar-refractivity contribution in [3.8, 4) is 17.2 Å².